The number of carbonyl (C=O) groups is 2. The van der Waals surface area contributed by atoms with Gasteiger partial charge in [-0.25, -0.2) is 4.79 Å². The second-order valence-electron chi connectivity index (χ2n) is 5.77. The van der Waals surface area contributed by atoms with Crippen LogP contribution >= 0.6 is 11.6 Å². The fraction of sp³-hybridized carbons (Fsp3) is 0.467. The molecule has 0 heterocycles. The molecule has 4 nitrogen and oxygen atoms in total. The van der Waals surface area contributed by atoms with Crippen molar-refractivity contribution in [3.8, 4) is 0 Å². The zero-order valence-electron chi connectivity index (χ0n) is 10.9. The molecule has 3 unspecified atom stereocenters. The summed E-state index contributed by atoms with van der Waals surface area (Å²) in [4.78, 5) is 23.3. The van der Waals surface area contributed by atoms with Gasteiger partial charge in [-0.05, 0) is 49.3 Å². The molecule has 2 N–H and O–H groups in total. The van der Waals surface area contributed by atoms with Crippen LogP contribution in [0.15, 0.2) is 18.2 Å². The van der Waals surface area contributed by atoms with E-state index in [1.54, 1.807) is 0 Å². The number of benzene rings is 1. The Kier molecular flexibility index (Phi) is 3.42. The van der Waals surface area contributed by atoms with Gasteiger partial charge in [-0.2, -0.15) is 0 Å². The van der Waals surface area contributed by atoms with Crippen molar-refractivity contribution in [1.29, 1.82) is 0 Å². The lowest BCUT2D eigenvalue weighted by Gasteiger charge is -2.21. The molecule has 0 aliphatic heterocycles. The summed E-state index contributed by atoms with van der Waals surface area (Å²) in [6.07, 6.45) is 4.48. The average molecular weight is 294 g/mol. The number of carboxylic acid groups (broad SMARTS) is 1. The van der Waals surface area contributed by atoms with E-state index in [4.69, 9.17) is 16.7 Å². The number of carboxylic acids is 1. The molecule has 2 aliphatic rings. The van der Waals surface area contributed by atoms with Crippen molar-refractivity contribution >= 4 is 29.2 Å². The zero-order chi connectivity index (χ0) is 14.3. The molecular formula is C15H16ClNO3. The quantitative estimate of drug-likeness (QED) is 0.897. The average Bonchev–Trinajstić information content (AvgIpc) is 3.03. The first-order chi connectivity index (χ1) is 9.54. The summed E-state index contributed by atoms with van der Waals surface area (Å²) in [7, 11) is 0. The molecule has 1 aromatic rings. The van der Waals surface area contributed by atoms with Gasteiger partial charge in [0.25, 0.3) is 0 Å². The molecular weight excluding hydrogens is 278 g/mol. The normalized spacial score (nSPS) is 27.6. The second kappa shape index (κ2) is 5.09. The van der Waals surface area contributed by atoms with Crippen LogP contribution in [0.5, 0.6) is 0 Å². The van der Waals surface area contributed by atoms with Gasteiger partial charge in [-0.3, -0.25) is 4.79 Å². The number of amides is 1. The smallest absolute Gasteiger partial charge is 0.335 e. The van der Waals surface area contributed by atoms with Crippen LogP contribution in [0.2, 0.25) is 5.02 Å². The lowest BCUT2D eigenvalue weighted by molar-refractivity contribution is -0.121. The van der Waals surface area contributed by atoms with Crippen molar-refractivity contribution in [2.75, 3.05) is 5.32 Å². The highest BCUT2D eigenvalue weighted by atomic mass is 35.5. The molecule has 1 aromatic carbocycles. The Labute approximate surface area is 122 Å². The molecule has 3 rings (SSSR count). The number of halogens is 1. The number of aromatic carboxylic acids is 1. The molecule has 20 heavy (non-hydrogen) atoms. The molecule has 0 spiro atoms. The van der Waals surface area contributed by atoms with Crippen LogP contribution in [0.25, 0.3) is 0 Å². The minimum absolute atomic E-state index is 0.0263. The number of fused-ring (bicyclic) bond motifs is 2. The van der Waals surface area contributed by atoms with Gasteiger partial charge in [-0.1, -0.05) is 18.0 Å². The van der Waals surface area contributed by atoms with Crippen LogP contribution in [-0.2, 0) is 4.79 Å². The predicted octanol–water partition coefficient (Wildman–Crippen LogP) is 3.41. The second-order valence-corrected chi connectivity index (χ2v) is 6.18. The Morgan fingerprint density at radius 3 is 2.65 bits per heavy atom. The Hall–Kier alpha value is -1.55. The summed E-state index contributed by atoms with van der Waals surface area (Å²) in [5.74, 6) is 0.176. The molecule has 2 saturated carbocycles. The number of hydrogen-bond donors (Lipinski definition) is 2. The third-order valence-electron chi connectivity index (χ3n) is 4.55. The third-order valence-corrected chi connectivity index (χ3v) is 4.88. The summed E-state index contributed by atoms with van der Waals surface area (Å²) in [5.41, 5.74) is 0.511. The van der Waals surface area contributed by atoms with Gasteiger partial charge < -0.3 is 10.4 Å². The summed E-state index contributed by atoms with van der Waals surface area (Å²) in [5, 5.41) is 12.1. The molecule has 5 heteroatoms. The monoisotopic (exact) mass is 293 g/mol. The van der Waals surface area contributed by atoms with Crippen LogP contribution in [0.3, 0.4) is 0 Å². The molecule has 2 bridgehead atoms. The molecule has 0 radical (unpaired) electrons. The minimum Gasteiger partial charge on any atom is -0.478 e. The summed E-state index contributed by atoms with van der Waals surface area (Å²) in [6, 6.07) is 4.34. The fourth-order valence-corrected chi connectivity index (χ4v) is 3.71. The topological polar surface area (TPSA) is 66.4 Å². The highest BCUT2D eigenvalue weighted by molar-refractivity contribution is 6.33. The standard InChI is InChI=1S/C15H16ClNO3/c16-12-4-3-10(15(19)20)7-13(12)17-14(18)11-6-8-1-2-9(11)5-8/h3-4,7-9,11H,1-2,5-6H2,(H,17,18)(H,19,20). The van der Waals surface area contributed by atoms with Gasteiger partial charge in [0.15, 0.2) is 0 Å². The van der Waals surface area contributed by atoms with E-state index >= 15 is 0 Å². The molecule has 3 atom stereocenters. The Bertz CT molecular complexity index is 572. The lowest BCUT2D eigenvalue weighted by Crippen LogP contribution is -2.27. The summed E-state index contributed by atoms with van der Waals surface area (Å²) in [6.45, 7) is 0. The zero-order valence-corrected chi connectivity index (χ0v) is 11.7. The maximum Gasteiger partial charge on any atom is 0.335 e. The van der Waals surface area contributed by atoms with Gasteiger partial charge in [0.05, 0.1) is 16.3 Å². The number of anilines is 1. The SMILES string of the molecule is O=C(O)c1ccc(Cl)c(NC(=O)C2CC3CCC2C3)c1. The van der Waals surface area contributed by atoms with Crippen molar-refractivity contribution in [1.82, 2.24) is 0 Å². The number of rotatable bonds is 3. The summed E-state index contributed by atoms with van der Waals surface area (Å²) < 4.78 is 0. The number of nitrogens with one attached hydrogen (secondary N) is 1. The Morgan fingerprint density at radius 1 is 1.25 bits per heavy atom. The Morgan fingerprint density at radius 2 is 2.05 bits per heavy atom. The van der Waals surface area contributed by atoms with E-state index in [1.165, 1.54) is 24.6 Å². The first-order valence-electron chi connectivity index (χ1n) is 6.88. The molecule has 106 valence electrons. The molecule has 1 amide bonds. The van der Waals surface area contributed by atoms with Crippen molar-refractivity contribution in [2.45, 2.75) is 25.7 Å². The van der Waals surface area contributed by atoms with Crippen molar-refractivity contribution < 1.29 is 14.7 Å². The maximum absolute atomic E-state index is 12.3. The van der Waals surface area contributed by atoms with E-state index in [2.05, 4.69) is 5.32 Å². The lowest BCUT2D eigenvalue weighted by atomic mass is 9.88. The molecule has 0 aromatic heterocycles. The minimum atomic E-state index is -1.03. The number of carbonyl (C=O) groups excluding carboxylic acids is 1. The van der Waals surface area contributed by atoms with Crippen molar-refractivity contribution in [3.05, 3.63) is 28.8 Å². The van der Waals surface area contributed by atoms with E-state index in [0.29, 0.717) is 22.5 Å². The Balaban J connectivity index is 1.75. The van der Waals surface area contributed by atoms with Gasteiger partial charge >= 0.3 is 5.97 Å². The van der Waals surface area contributed by atoms with E-state index in [1.807, 2.05) is 0 Å². The number of hydrogen-bond acceptors (Lipinski definition) is 2. The first-order valence-corrected chi connectivity index (χ1v) is 7.26. The largest absolute Gasteiger partial charge is 0.478 e. The van der Waals surface area contributed by atoms with Crippen LogP contribution in [0.1, 0.15) is 36.0 Å². The van der Waals surface area contributed by atoms with Gasteiger partial charge in [0.1, 0.15) is 0 Å². The van der Waals surface area contributed by atoms with Crippen molar-refractivity contribution in [2.24, 2.45) is 17.8 Å². The van der Waals surface area contributed by atoms with E-state index in [-0.39, 0.29) is 17.4 Å². The molecule has 2 fully saturated rings. The fourth-order valence-electron chi connectivity index (χ4n) is 3.55. The molecule has 2 aliphatic carbocycles. The van der Waals surface area contributed by atoms with Gasteiger partial charge in [-0.15, -0.1) is 0 Å². The first kappa shape index (κ1) is 13.4. The van der Waals surface area contributed by atoms with Crippen LogP contribution in [0.4, 0.5) is 5.69 Å². The van der Waals surface area contributed by atoms with Crippen LogP contribution < -0.4 is 5.32 Å². The highest BCUT2D eigenvalue weighted by Crippen LogP contribution is 2.48. The van der Waals surface area contributed by atoms with Crippen molar-refractivity contribution in [3.63, 3.8) is 0 Å². The van der Waals surface area contributed by atoms with E-state index in [0.717, 1.165) is 19.3 Å². The van der Waals surface area contributed by atoms with Gasteiger partial charge in [0, 0.05) is 5.92 Å². The maximum atomic E-state index is 12.3. The third kappa shape index (κ3) is 2.40. The van der Waals surface area contributed by atoms with E-state index < -0.39 is 5.97 Å². The summed E-state index contributed by atoms with van der Waals surface area (Å²) >= 11 is 6.02. The van der Waals surface area contributed by atoms with E-state index in [9.17, 15) is 9.59 Å². The van der Waals surface area contributed by atoms with Crippen LogP contribution in [-0.4, -0.2) is 17.0 Å². The molecule has 0 saturated heterocycles. The van der Waals surface area contributed by atoms with Gasteiger partial charge in [0.2, 0.25) is 5.91 Å². The predicted molar refractivity (Wildman–Crippen MR) is 76.0 cm³/mol. The highest BCUT2D eigenvalue weighted by Gasteiger charge is 2.43. The van der Waals surface area contributed by atoms with Crippen LogP contribution in [0, 0.1) is 17.8 Å².